The van der Waals surface area contributed by atoms with Crippen LogP contribution in [0.25, 0.3) is 0 Å². The van der Waals surface area contributed by atoms with Crippen LogP contribution in [0.4, 0.5) is 0 Å². The van der Waals surface area contributed by atoms with E-state index >= 15 is 4.21 Å². The number of aliphatic hydroxyl groups is 1. The molecule has 4 N–H and O–H groups in total. The number of piperazine rings is 1. The molecule has 8 atom stereocenters. The van der Waals surface area contributed by atoms with Gasteiger partial charge in [0.25, 0.3) is 0 Å². The van der Waals surface area contributed by atoms with Gasteiger partial charge in [0, 0.05) is 46.5 Å². The van der Waals surface area contributed by atoms with Crippen LogP contribution in [0.15, 0.2) is 18.2 Å². The molecule has 0 aliphatic carbocycles. The molecule has 0 aromatic heterocycles. The molecule has 7 aliphatic heterocycles. The minimum Gasteiger partial charge on any atom is -0.504 e. The number of esters is 2. The number of ether oxygens (including phenoxy) is 6. The predicted molar refractivity (Wildman–Crippen MR) is 195 cm³/mol. The van der Waals surface area contributed by atoms with Crippen LogP contribution in [0, 0.1) is 13.8 Å². The van der Waals surface area contributed by atoms with E-state index in [1.807, 2.05) is 29.8 Å². The van der Waals surface area contributed by atoms with Crippen LogP contribution in [0.2, 0.25) is 0 Å². The molecule has 2 saturated heterocycles. The van der Waals surface area contributed by atoms with Gasteiger partial charge in [-0.1, -0.05) is 6.07 Å². The van der Waals surface area contributed by atoms with Crippen LogP contribution in [-0.4, -0.2) is 107 Å². The first kappa shape index (κ1) is 36.1. The van der Waals surface area contributed by atoms with Crippen molar-refractivity contribution in [2.75, 3.05) is 47.0 Å². The molecule has 0 unspecified atom stereocenters. The highest BCUT2D eigenvalue weighted by Crippen LogP contribution is 2.63. The zero-order chi connectivity index (χ0) is 38.8. The third-order valence-electron chi connectivity index (χ3n) is 12.4. The Morgan fingerprint density at radius 3 is 2.51 bits per heavy atom. The van der Waals surface area contributed by atoms with Crippen molar-refractivity contribution in [3.63, 3.8) is 0 Å². The minimum atomic E-state index is -2.06. The van der Waals surface area contributed by atoms with Crippen LogP contribution in [0.1, 0.15) is 68.8 Å². The lowest BCUT2D eigenvalue weighted by Gasteiger charge is -2.62. The number of methoxy groups -OCH3 is 2. The summed E-state index contributed by atoms with van der Waals surface area (Å²) >= 11 is 0. The summed E-state index contributed by atoms with van der Waals surface area (Å²) in [7, 11) is 2.72. The van der Waals surface area contributed by atoms with Gasteiger partial charge in [-0.15, -0.1) is 0 Å². The number of aryl methyl sites for hydroxylation is 1. The number of carbonyl (C=O) groups excluding carboxylic acids is 2. The molecule has 7 aliphatic rings. The van der Waals surface area contributed by atoms with Crippen LogP contribution in [-0.2, 0) is 43.5 Å². The lowest BCUT2D eigenvalue weighted by Crippen LogP contribution is -2.70. The van der Waals surface area contributed by atoms with E-state index in [0.717, 1.165) is 11.1 Å². The Kier molecular flexibility index (Phi) is 8.33. The first-order valence-electron chi connectivity index (χ1n) is 18.2. The molecule has 4 bridgehead atoms. The number of benzene rings is 3. The molecule has 7 heterocycles. The van der Waals surface area contributed by atoms with Crippen molar-refractivity contribution in [1.82, 2.24) is 15.1 Å². The molecule has 0 saturated carbocycles. The van der Waals surface area contributed by atoms with Gasteiger partial charge in [-0.3, -0.25) is 24.1 Å². The number of phenols is 2. The van der Waals surface area contributed by atoms with Gasteiger partial charge in [0.2, 0.25) is 6.79 Å². The smallest absolute Gasteiger partial charge is 0.332 e. The first-order chi connectivity index (χ1) is 26.3. The number of aliphatic hydroxyl groups excluding tert-OH is 1. The number of phenolic OH excluding ortho intramolecular Hbond substituents is 2. The number of nitrogens with zero attached hydrogens (tertiary/aromatic N) is 2. The summed E-state index contributed by atoms with van der Waals surface area (Å²) in [6.45, 7) is 4.77. The molecule has 55 heavy (non-hydrogen) atoms. The second-order valence-electron chi connectivity index (χ2n) is 15.1. The van der Waals surface area contributed by atoms with Crippen LogP contribution >= 0.6 is 0 Å². The van der Waals surface area contributed by atoms with Gasteiger partial charge in [-0.2, -0.15) is 0 Å². The number of aromatic hydroxyl groups is 2. The average molecular weight is 778 g/mol. The fourth-order valence-electron chi connectivity index (χ4n) is 10.2. The lowest BCUT2D eigenvalue weighted by atomic mass is 9.73. The molecular formula is C39H43N3O12S. The van der Waals surface area contributed by atoms with Crippen molar-refractivity contribution in [3.05, 3.63) is 62.7 Å². The SMILES string of the molecule is COc1cc2c(cc1O)CCN[C@]21C[S@@](=O)[C@@H]2c3c(OC(C)=O)c(C)c4c(c3[C@H](COC1=O)N1[C@@H]2[C@H]2c3c(cc(C)c(OC)c3O)C[C@@H]([C@@H]1O)N2C)OCO4. The van der Waals surface area contributed by atoms with Crippen molar-refractivity contribution < 1.29 is 57.5 Å². The highest BCUT2D eigenvalue weighted by molar-refractivity contribution is 7.85. The minimum absolute atomic E-state index is 0.0529. The van der Waals surface area contributed by atoms with Gasteiger partial charge in [0.15, 0.2) is 40.0 Å². The Balaban J connectivity index is 1.35. The van der Waals surface area contributed by atoms with Crippen molar-refractivity contribution in [2.45, 2.75) is 74.8 Å². The molecule has 3 aromatic rings. The maximum atomic E-state index is 15.9. The summed E-state index contributed by atoms with van der Waals surface area (Å²) in [5.74, 6) is -0.492. The Labute approximate surface area is 319 Å². The van der Waals surface area contributed by atoms with Gasteiger partial charge < -0.3 is 43.7 Å². The maximum absolute atomic E-state index is 15.9. The summed E-state index contributed by atoms with van der Waals surface area (Å²) < 4.78 is 51.5. The molecule has 0 radical (unpaired) electrons. The zero-order valence-electron chi connectivity index (χ0n) is 31.3. The molecule has 15 nitrogen and oxygen atoms in total. The fourth-order valence-corrected chi connectivity index (χ4v) is 12.3. The van der Waals surface area contributed by atoms with Crippen molar-refractivity contribution in [1.29, 1.82) is 0 Å². The fraction of sp³-hybridized carbons (Fsp3) is 0.487. The van der Waals surface area contributed by atoms with Crippen LogP contribution < -0.4 is 29.0 Å². The molecule has 292 valence electrons. The summed E-state index contributed by atoms with van der Waals surface area (Å²) in [4.78, 5) is 31.5. The molecule has 10 rings (SSSR count). The van der Waals surface area contributed by atoms with E-state index in [0.29, 0.717) is 70.0 Å². The molecule has 3 aromatic carbocycles. The van der Waals surface area contributed by atoms with Gasteiger partial charge >= 0.3 is 11.9 Å². The largest absolute Gasteiger partial charge is 0.504 e. The third-order valence-corrected chi connectivity index (χ3v) is 14.2. The highest BCUT2D eigenvalue weighted by atomic mass is 32.2. The number of likely N-dealkylation sites (N-methyl/N-ethyl adjacent to an activating group) is 1. The van der Waals surface area contributed by atoms with E-state index in [-0.39, 0.29) is 42.2 Å². The molecule has 0 amide bonds. The Hall–Kier alpha value is -4.61. The Morgan fingerprint density at radius 1 is 1.02 bits per heavy atom. The number of nitrogens with one attached hydrogen (secondary N) is 1. The van der Waals surface area contributed by atoms with Gasteiger partial charge in [-0.25, -0.2) is 4.79 Å². The molecule has 2 fully saturated rings. The zero-order valence-corrected chi connectivity index (χ0v) is 32.1. The van der Waals surface area contributed by atoms with Crippen molar-refractivity contribution in [3.8, 4) is 40.2 Å². The predicted octanol–water partition coefficient (Wildman–Crippen LogP) is 2.43. The highest BCUT2D eigenvalue weighted by Gasteiger charge is 2.63. The number of rotatable bonds is 3. The normalized spacial score (nSPS) is 30.5. The lowest BCUT2D eigenvalue weighted by molar-refractivity contribution is -0.186. The summed E-state index contributed by atoms with van der Waals surface area (Å²) in [5.41, 5.74) is 2.93. The van der Waals surface area contributed by atoms with Crippen molar-refractivity contribution in [2.24, 2.45) is 0 Å². The second kappa shape index (κ2) is 12.7. The van der Waals surface area contributed by atoms with Crippen LogP contribution in [0.3, 0.4) is 0 Å². The van der Waals surface area contributed by atoms with E-state index in [4.69, 9.17) is 28.4 Å². The van der Waals surface area contributed by atoms with Gasteiger partial charge in [0.05, 0.1) is 49.4 Å². The topological polar surface area (TPSA) is 186 Å². The quantitative estimate of drug-likeness (QED) is 0.224. The summed E-state index contributed by atoms with van der Waals surface area (Å²) in [6.07, 6.45) is -0.330. The van der Waals surface area contributed by atoms with E-state index in [2.05, 4.69) is 5.32 Å². The monoisotopic (exact) mass is 777 g/mol. The number of hydrogen-bond acceptors (Lipinski definition) is 15. The summed E-state index contributed by atoms with van der Waals surface area (Å²) in [6, 6.07) is 2.16. The van der Waals surface area contributed by atoms with Gasteiger partial charge in [-0.05, 0) is 68.1 Å². The number of hydrogen-bond donors (Lipinski definition) is 4. The standard InChI is InChI=1S/C39H43N3O12S/c1-16-9-20-10-22-37(46)42-23-13-51-38(47)39(21-12-25(49-5)24(44)11-19(21)7-8-40-39)14-55(48)36(30(42)29(41(22)4)26(20)31(45)32(16)50-6)28-27(23)35-34(52-15-53-35)17(2)33(28)54-18(3)43/h9,11-12,22-23,29-30,36-37,40,44-46H,7-8,10,13-15H2,1-6H3/t22-,23-,29+,30+,36+,37-,39+,55+/m0/s1. The number of carbonyl (C=O) groups is 2. The molecule has 16 heteroatoms. The first-order valence-corrected chi connectivity index (χ1v) is 19.6. The van der Waals surface area contributed by atoms with Gasteiger partial charge in [0.1, 0.15) is 18.6 Å². The average Bonchev–Trinajstić information content (AvgIpc) is 3.64. The molecular weight excluding hydrogens is 735 g/mol. The number of fused-ring (bicyclic) bond motifs is 9. The third kappa shape index (κ3) is 4.90. The van der Waals surface area contributed by atoms with Crippen molar-refractivity contribution >= 4 is 22.7 Å². The van der Waals surface area contributed by atoms with E-state index in [1.165, 1.54) is 21.1 Å². The maximum Gasteiger partial charge on any atom is 0.332 e. The van der Waals surface area contributed by atoms with E-state index in [9.17, 15) is 24.9 Å². The second-order valence-corrected chi connectivity index (χ2v) is 16.7. The van der Waals surface area contributed by atoms with E-state index < -0.39 is 63.9 Å². The molecule has 1 spiro atoms. The Bertz CT molecular complexity index is 2210. The van der Waals surface area contributed by atoms with E-state index in [1.54, 1.807) is 19.1 Å². The summed E-state index contributed by atoms with van der Waals surface area (Å²) in [5, 5.41) is 37.6. The van der Waals surface area contributed by atoms with Crippen LogP contribution in [0.5, 0.6) is 40.2 Å². The Morgan fingerprint density at radius 2 is 1.78 bits per heavy atom.